The summed E-state index contributed by atoms with van der Waals surface area (Å²) in [5.74, 6) is 0.476. The number of hydrogen-bond acceptors (Lipinski definition) is 5. The van der Waals surface area contributed by atoms with E-state index >= 15 is 0 Å². The average molecular weight is 320 g/mol. The molecule has 1 unspecified atom stereocenters. The Hall–Kier alpha value is -1.53. The van der Waals surface area contributed by atoms with Crippen LogP contribution in [0, 0.1) is 11.7 Å². The minimum absolute atomic E-state index is 0.208. The summed E-state index contributed by atoms with van der Waals surface area (Å²) >= 11 is 1.58. The Bertz CT molecular complexity index is 598. The second-order valence-corrected chi connectivity index (χ2v) is 7.02. The fourth-order valence-corrected chi connectivity index (χ4v) is 3.63. The molecule has 4 nitrogen and oxygen atoms in total. The Morgan fingerprint density at radius 3 is 2.91 bits per heavy atom. The number of nitrogens with zero attached hydrogens (tertiary/aromatic N) is 3. The van der Waals surface area contributed by atoms with Gasteiger partial charge in [0.05, 0.1) is 0 Å². The van der Waals surface area contributed by atoms with Crippen LogP contribution in [0.3, 0.4) is 0 Å². The first-order valence-electron chi connectivity index (χ1n) is 7.68. The quantitative estimate of drug-likeness (QED) is 0.919. The lowest BCUT2D eigenvalue weighted by Gasteiger charge is -2.29. The number of hydrogen-bond donors (Lipinski definition) is 1. The van der Waals surface area contributed by atoms with Gasteiger partial charge in [-0.1, -0.05) is 23.5 Å². The molecule has 1 atom stereocenters. The maximum atomic E-state index is 12.9. The summed E-state index contributed by atoms with van der Waals surface area (Å²) in [7, 11) is 2.18. The molecular formula is C16H21FN4S. The lowest BCUT2D eigenvalue weighted by atomic mass is 9.99. The molecule has 1 aliphatic heterocycles. The maximum Gasteiger partial charge on any atom is 0.205 e. The molecule has 0 bridgehead atoms. The highest BCUT2D eigenvalue weighted by molar-refractivity contribution is 7.15. The van der Waals surface area contributed by atoms with Crippen molar-refractivity contribution in [1.29, 1.82) is 0 Å². The third-order valence-corrected chi connectivity index (χ3v) is 4.88. The summed E-state index contributed by atoms with van der Waals surface area (Å²) < 4.78 is 12.9. The number of aromatic nitrogens is 2. The fourth-order valence-electron chi connectivity index (χ4n) is 2.84. The molecule has 0 saturated carbocycles. The van der Waals surface area contributed by atoms with Crippen LogP contribution in [-0.4, -0.2) is 41.8 Å². The molecule has 1 aliphatic rings. The number of likely N-dealkylation sites (tertiary alicyclic amines) is 1. The number of rotatable bonds is 5. The molecule has 3 rings (SSSR count). The Balaban J connectivity index is 1.51. The highest BCUT2D eigenvalue weighted by Gasteiger charge is 2.17. The zero-order chi connectivity index (χ0) is 15.4. The Morgan fingerprint density at radius 1 is 1.32 bits per heavy atom. The molecule has 1 saturated heterocycles. The number of benzene rings is 1. The molecule has 22 heavy (non-hydrogen) atoms. The number of piperidine rings is 1. The monoisotopic (exact) mass is 320 g/mol. The maximum absolute atomic E-state index is 12.9. The van der Waals surface area contributed by atoms with Gasteiger partial charge in [-0.3, -0.25) is 0 Å². The average Bonchev–Trinajstić information content (AvgIpc) is 2.95. The Morgan fingerprint density at radius 2 is 2.14 bits per heavy atom. The van der Waals surface area contributed by atoms with E-state index in [9.17, 15) is 4.39 Å². The molecule has 1 fully saturated rings. The lowest BCUT2D eigenvalue weighted by Crippen LogP contribution is -2.35. The molecule has 1 aromatic carbocycles. The van der Waals surface area contributed by atoms with Crippen LogP contribution in [0.25, 0.3) is 0 Å². The van der Waals surface area contributed by atoms with Crippen LogP contribution in [0.1, 0.15) is 23.4 Å². The van der Waals surface area contributed by atoms with E-state index < -0.39 is 0 Å². The van der Waals surface area contributed by atoms with E-state index in [0.717, 1.165) is 28.8 Å². The highest BCUT2D eigenvalue weighted by Crippen LogP contribution is 2.21. The third-order valence-electron chi connectivity index (χ3n) is 4.00. The summed E-state index contributed by atoms with van der Waals surface area (Å²) in [5.41, 5.74) is 1.05. The van der Waals surface area contributed by atoms with E-state index in [1.807, 2.05) is 0 Å². The predicted octanol–water partition coefficient (Wildman–Crippen LogP) is 3.02. The van der Waals surface area contributed by atoms with Gasteiger partial charge in [-0.25, -0.2) is 4.39 Å². The van der Waals surface area contributed by atoms with Crippen molar-refractivity contribution in [2.75, 3.05) is 32.0 Å². The molecule has 2 heterocycles. The van der Waals surface area contributed by atoms with Crippen molar-refractivity contribution in [3.05, 3.63) is 40.7 Å². The van der Waals surface area contributed by atoms with Crippen LogP contribution in [0.4, 0.5) is 9.52 Å². The first-order chi connectivity index (χ1) is 10.7. The normalized spacial score (nSPS) is 19.3. The second-order valence-electron chi connectivity index (χ2n) is 5.96. The molecule has 1 N–H and O–H groups in total. The van der Waals surface area contributed by atoms with Gasteiger partial charge in [-0.15, -0.1) is 10.2 Å². The second kappa shape index (κ2) is 7.15. The number of nitrogens with one attached hydrogen (secondary N) is 1. The minimum Gasteiger partial charge on any atom is -0.360 e. The largest absolute Gasteiger partial charge is 0.360 e. The summed E-state index contributed by atoms with van der Waals surface area (Å²) in [4.78, 5) is 2.38. The third kappa shape index (κ3) is 4.24. The van der Waals surface area contributed by atoms with Gasteiger partial charge in [0.1, 0.15) is 10.8 Å². The van der Waals surface area contributed by atoms with E-state index in [-0.39, 0.29) is 5.82 Å². The SMILES string of the molecule is CN1CCCC(CNc2nnc(Cc3ccc(F)cc3)s2)C1. The van der Waals surface area contributed by atoms with Crippen LogP contribution in [0.15, 0.2) is 24.3 Å². The minimum atomic E-state index is -0.208. The van der Waals surface area contributed by atoms with Crippen molar-refractivity contribution >= 4 is 16.5 Å². The van der Waals surface area contributed by atoms with Crippen LogP contribution in [0.5, 0.6) is 0 Å². The zero-order valence-electron chi connectivity index (χ0n) is 12.8. The van der Waals surface area contributed by atoms with Crippen molar-refractivity contribution in [2.45, 2.75) is 19.3 Å². The van der Waals surface area contributed by atoms with Gasteiger partial charge in [0.25, 0.3) is 0 Å². The topological polar surface area (TPSA) is 41.0 Å². The van der Waals surface area contributed by atoms with Crippen LogP contribution >= 0.6 is 11.3 Å². The molecule has 0 radical (unpaired) electrons. The van der Waals surface area contributed by atoms with Crippen molar-refractivity contribution in [3.8, 4) is 0 Å². The molecule has 1 aromatic heterocycles. The van der Waals surface area contributed by atoms with Crippen molar-refractivity contribution in [2.24, 2.45) is 5.92 Å². The smallest absolute Gasteiger partial charge is 0.205 e. The molecule has 6 heteroatoms. The van der Waals surface area contributed by atoms with Gasteiger partial charge in [0.15, 0.2) is 0 Å². The van der Waals surface area contributed by atoms with Crippen LogP contribution in [-0.2, 0) is 6.42 Å². The van der Waals surface area contributed by atoms with Crippen LogP contribution in [0.2, 0.25) is 0 Å². The van der Waals surface area contributed by atoms with E-state index in [2.05, 4.69) is 27.5 Å². The lowest BCUT2D eigenvalue weighted by molar-refractivity contribution is 0.217. The predicted molar refractivity (Wildman–Crippen MR) is 87.8 cm³/mol. The summed E-state index contributed by atoms with van der Waals surface area (Å²) in [5, 5.41) is 13.7. The Kier molecular flexibility index (Phi) is 5.00. The van der Waals surface area contributed by atoms with Crippen LogP contribution < -0.4 is 5.32 Å². The zero-order valence-corrected chi connectivity index (χ0v) is 13.6. The van der Waals surface area contributed by atoms with Gasteiger partial charge in [0.2, 0.25) is 5.13 Å². The van der Waals surface area contributed by atoms with Gasteiger partial charge in [-0.05, 0) is 50.0 Å². The molecular weight excluding hydrogens is 299 g/mol. The first kappa shape index (κ1) is 15.4. The van der Waals surface area contributed by atoms with Gasteiger partial charge >= 0.3 is 0 Å². The summed E-state index contributed by atoms with van der Waals surface area (Å²) in [6.45, 7) is 3.31. The van der Waals surface area contributed by atoms with Crippen molar-refractivity contribution in [1.82, 2.24) is 15.1 Å². The molecule has 0 amide bonds. The number of halogens is 1. The van der Waals surface area contributed by atoms with E-state index in [1.54, 1.807) is 23.5 Å². The van der Waals surface area contributed by atoms with E-state index in [4.69, 9.17) is 0 Å². The van der Waals surface area contributed by atoms with E-state index in [1.165, 1.54) is 31.5 Å². The Labute approximate surface area is 134 Å². The number of anilines is 1. The molecule has 0 spiro atoms. The van der Waals surface area contributed by atoms with Crippen molar-refractivity contribution in [3.63, 3.8) is 0 Å². The summed E-state index contributed by atoms with van der Waals surface area (Å²) in [6.07, 6.45) is 3.25. The first-order valence-corrected chi connectivity index (χ1v) is 8.50. The highest BCUT2D eigenvalue weighted by atomic mass is 32.1. The molecule has 0 aliphatic carbocycles. The fraction of sp³-hybridized carbons (Fsp3) is 0.500. The van der Waals surface area contributed by atoms with Gasteiger partial charge in [0, 0.05) is 19.5 Å². The van der Waals surface area contributed by atoms with Gasteiger partial charge in [-0.2, -0.15) is 0 Å². The standard InChI is InChI=1S/C16H21FN4S/c1-21-8-2-3-13(11-21)10-18-16-20-19-15(22-16)9-12-4-6-14(17)7-5-12/h4-7,13H,2-3,8-11H2,1H3,(H,18,20). The van der Waals surface area contributed by atoms with Gasteiger partial charge < -0.3 is 10.2 Å². The van der Waals surface area contributed by atoms with E-state index in [0.29, 0.717) is 12.3 Å². The molecule has 2 aromatic rings. The van der Waals surface area contributed by atoms with Crippen molar-refractivity contribution < 1.29 is 4.39 Å². The molecule has 118 valence electrons. The summed E-state index contributed by atoms with van der Waals surface area (Å²) in [6, 6.07) is 6.55.